The first-order chi connectivity index (χ1) is 10.6. The number of anilines is 1. The lowest BCUT2D eigenvalue weighted by Crippen LogP contribution is -2.34. The van der Waals surface area contributed by atoms with Crippen LogP contribution in [-0.2, 0) is 22.4 Å². The molecular formula is C18H21NO3. The zero-order valence-corrected chi connectivity index (χ0v) is 12.5. The van der Waals surface area contributed by atoms with E-state index in [2.05, 4.69) is 11.4 Å². The van der Waals surface area contributed by atoms with Crippen LogP contribution in [0.3, 0.4) is 0 Å². The van der Waals surface area contributed by atoms with E-state index in [-0.39, 0.29) is 5.91 Å². The van der Waals surface area contributed by atoms with Crippen molar-refractivity contribution >= 4 is 17.6 Å². The molecule has 2 aliphatic rings. The van der Waals surface area contributed by atoms with E-state index in [0.29, 0.717) is 12.8 Å². The van der Waals surface area contributed by atoms with Gasteiger partial charge in [0, 0.05) is 5.69 Å². The molecule has 0 saturated carbocycles. The number of aryl methyl sites for hydroxylation is 2. The maximum Gasteiger partial charge on any atom is 0.307 e. The molecule has 0 aromatic heterocycles. The predicted octanol–water partition coefficient (Wildman–Crippen LogP) is 3.17. The standard InChI is InChI=1S/C18H21NO3/c20-17(15-7-3-4-8-16(15)18(21)22)19-14-10-9-12-5-1-2-6-13(12)11-14/h3-4,9-11,15-16H,1-2,5-8H2,(H,19,20)(H,21,22). The van der Waals surface area contributed by atoms with Crippen molar-refractivity contribution in [2.45, 2.75) is 38.5 Å². The van der Waals surface area contributed by atoms with Crippen LogP contribution in [0.5, 0.6) is 0 Å². The maximum atomic E-state index is 12.4. The fourth-order valence-electron chi connectivity index (χ4n) is 3.42. The third kappa shape index (κ3) is 3.06. The number of nitrogens with one attached hydrogen (secondary N) is 1. The molecule has 2 N–H and O–H groups in total. The summed E-state index contributed by atoms with van der Waals surface area (Å²) in [4.78, 5) is 23.7. The normalized spacial score (nSPS) is 23.6. The molecule has 1 aromatic carbocycles. The fourth-order valence-corrected chi connectivity index (χ4v) is 3.42. The number of fused-ring (bicyclic) bond motifs is 1. The molecule has 1 aromatic rings. The molecule has 1 amide bonds. The lowest BCUT2D eigenvalue weighted by Gasteiger charge is -2.24. The third-order valence-electron chi connectivity index (χ3n) is 4.70. The highest BCUT2D eigenvalue weighted by atomic mass is 16.4. The smallest absolute Gasteiger partial charge is 0.307 e. The monoisotopic (exact) mass is 299 g/mol. The zero-order valence-electron chi connectivity index (χ0n) is 12.5. The van der Waals surface area contributed by atoms with Crippen molar-refractivity contribution in [1.29, 1.82) is 0 Å². The van der Waals surface area contributed by atoms with E-state index in [1.807, 2.05) is 24.3 Å². The van der Waals surface area contributed by atoms with Crippen molar-refractivity contribution in [1.82, 2.24) is 0 Å². The van der Waals surface area contributed by atoms with Crippen LogP contribution in [0.2, 0.25) is 0 Å². The minimum Gasteiger partial charge on any atom is -0.481 e. The van der Waals surface area contributed by atoms with Crippen LogP contribution < -0.4 is 5.32 Å². The summed E-state index contributed by atoms with van der Waals surface area (Å²) in [6.45, 7) is 0. The molecule has 0 spiro atoms. The van der Waals surface area contributed by atoms with E-state index in [1.165, 1.54) is 24.0 Å². The largest absolute Gasteiger partial charge is 0.481 e. The van der Waals surface area contributed by atoms with Crippen molar-refractivity contribution in [2.24, 2.45) is 11.8 Å². The van der Waals surface area contributed by atoms with Gasteiger partial charge in [0.15, 0.2) is 0 Å². The van der Waals surface area contributed by atoms with Gasteiger partial charge in [-0.05, 0) is 61.8 Å². The van der Waals surface area contributed by atoms with Crippen molar-refractivity contribution in [3.63, 3.8) is 0 Å². The molecule has 22 heavy (non-hydrogen) atoms. The van der Waals surface area contributed by atoms with Crippen molar-refractivity contribution in [3.8, 4) is 0 Å². The van der Waals surface area contributed by atoms with E-state index < -0.39 is 17.8 Å². The molecule has 2 unspecified atom stereocenters. The van der Waals surface area contributed by atoms with Gasteiger partial charge in [0.25, 0.3) is 0 Å². The molecule has 0 aliphatic heterocycles. The van der Waals surface area contributed by atoms with Crippen molar-refractivity contribution < 1.29 is 14.7 Å². The van der Waals surface area contributed by atoms with Crippen molar-refractivity contribution in [2.75, 3.05) is 5.32 Å². The number of carboxylic acid groups (broad SMARTS) is 1. The molecule has 2 aliphatic carbocycles. The lowest BCUT2D eigenvalue weighted by molar-refractivity contribution is -0.146. The van der Waals surface area contributed by atoms with Gasteiger partial charge in [-0.15, -0.1) is 0 Å². The Morgan fingerprint density at radius 1 is 1.00 bits per heavy atom. The summed E-state index contributed by atoms with van der Waals surface area (Å²) in [6, 6.07) is 6.05. The topological polar surface area (TPSA) is 66.4 Å². The number of benzene rings is 1. The van der Waals surface area contributed by atoms with E-state index in [4.69, 9.17) is 0 Å². The molecule has 0 radical (unpaired) electrons. The van der Waals surface area contributed by atoms with E-state index >= 15 is 0 Å². The number of carbonyl (C=O) groups is 2. The van der Waals surface area contributed by atoms with Gasteiger partial charge in [-0.2, -0.15) is 0 Å². The first kappa shape index (κ1) is 14.8. The number of hydrogen-bond acceptors (Lipinski definition) is 2. The Morgan fingerprint density at radius 3 is 2.41 bits per heavy atom. The van der Waals surface area contributed by atoms with Crippen molar-refractivity contribution in [3.05, 3.63) is 41.5 Å². The highest BCUT2D eigenvalue weighted by Gasteiger charge is 2.33. The Bertz CT molecular complexity index is 621. The highest BCUT2D eigenvalue weighted by Crippen LogP contribution is 2.28. The number of hydrogen-bond donors (Lipinski definition) is 2. The average Bonchev–Trinajstić information content (AvgIpc) is 2.54. The van der Waals surface area contributed by atoms with Gasteiger partial charge in [-0.25, -0.2) is 0 Å². The number of carbonyl (C=O) groups excluding carboxylic acids is 1. The van der Waals surface area contributed by atoms with Crippen LogP contribution in [0.4, 0.5) is 5.69 Å². The second kappa shape index (κ2) is 6.34. The molecule has 0 fully saturated rings. The number of allylic oxidation sites excluding steroid dienone is 2. The van der Waals surface area contributed by atoms with Crippen LogP contribution in [0, 0.1) is 11.8 Å². The first-order valence-corrected chi connectivity index (χ1v) is 7.95. The molecular weight excluding hydrogens is 278 g/mol. The van der Waals surface area contributed by atoms with Gasteiger partial charge in [0.1, 0.15) is 0 Å². The predicted molar refractivity (Wildman–Crippen MR) is 84.7 cm³/mol. The molecule has 2 atom stereocenters. The number of rotatable bonds is 3. The van der Waals surface area contributed by atoms with Crippen LogP contribution in [0.15, 0.2) is 30.4 Å². The number of carboxylic acids is 1. The number of aliphatic carboxylic acids is 1. The Kier molecular flexibility index (Phi) is 4.27. The van der Waals surface area contributed by atoms with Gasteiger partial charge in [0.2, 0.25) is 5.91 Å². The average molecular weight is 299 g/mol. The van der Waals surface area contributed by atoms with Gasteiger partial charge < -0.3 is 10.4 Å². The van der Waals surface area contributed by atoms with Gasteiger partial charge in [0.05, 0.1) is 11.8 Å². The van der Waals surface area contributed by atoms with Crippen LogP contribution in [-0.4, -0.2) is 17.0 Å². The molecule has 4 heteroatoms. The highest BCUT2D eigenvalue weighted by molar-refractivity contribution is 5.95. The molecule has 0 heterocycles. The van der Waals surface area contributed by atoms with E-state index in [0.717, 1.165) is 18.5 Å². The van der Waals surface area contributed by atoms with E-state index in [1.54, 1.807) is 0 Å². The molecule has 4 nitrogen and oxygen atoms in total. The fraction of sp³-hybridized carbons (Fsp3) is 0.444. The minimum atomic E-state index is -0.894. The minimum absolute atomic E-state index is 0.187. The lowest BCUT2D eigenvalue weighted by atomic mass is 9.82. The molecule has 0 saturated heterocycles. The van der Waals surface area contributed by atoms with Crippen LogP contribution in [0.1, 0.15) is 36.8 Å². The summed E-state index contributed by atoms with van der Waals surface area (Å²) < 4.78 is 0. The Morgan fingerprint density at radius 2 is 1.68 bits per heavy atom. The van der Waals surface area contributed by atoms with Gasteiger partial charge in [-0.3, -0.25) is 9.59 Å². The summed E-state index contributed by atoms with van der Waals surface area (Å²) in [5.74, 6) is -2.19. The Hall–Kier alpha value is -2.10. The summed E-state index contributed by atoms with van der Waals surface area (Å²) in [6.07, 6.45) is 9.26. The SMILES string of the molecule is O=C(O)C1CC=CCC1C(=O)Nc1ccc2c(c1)CCCC2. The summed E-state index contributed by atoms with van der Waals surface area (Å²) >= 11 is 0. The zero-order chi connectivity index (χ0) is 15.5. The van der Waals surface area contributed by atoms with Gasteiger partial charge in [-0.1, -0.05) is 18.2 Å². The Labute approximate surface area is 130 Å². The Balaban J connectivity index is 1.73. The molecule has 116 valence electrons. The quantitative estimate of drug-likeness (QED) is 0.842. The second-order valence-corrected chi connectivity index (χ2v) is 6.17. The summed E-state index contributed by atoms with van der Waals surface area (Å²) in [5.41, 5.74) is 3.46. The van der Waals surface area contributed by atoms with E-state index in [9.17, 15) is 14.7 Å². The third-order valence-corrected chi connectivity index (χ3v) is 4.70. The summed E-state index contributed by atoms with van der Waals surface area (Å²) in [7, 11) is 0. The second-order valence-electron chi connectivity index (χ2n) is 6.17. The van der Waals surface area contributed by atoms with Crippen LogP contribution in [0.25, 0.3) is 0 Å². The number of amides is 1. The van der Waals surface area contributed by atoms with Crippen LogP contribution >= 0.6 is 0 Å². The van der Waals surface area contributed by atoms with Gasteiger partial charge >= 0.3 is 5.97 Å². The molecule has 0 bridgehead atoms. The first-order valence-electron chi connectivity index (χ1n) is 7.95. The molecule has 3 rings (SSSR count). The summed E-state index contributed by atoms with van der Waals surface area (Å²) in [5, 5.41) is 12.2. The maximum absolute atomic E-state index is 12.4.